The van der Waals surface area contributed by atoms with E-state index in [1.54, 1.807) is 30.5 Å². The van der Waals surface area contributed by atoms with Crippen molar-refractivity contribution in [1.29, 1.82) is 0 Å². The van der Waals surface area contributed by atoms with Gasteiger partial charge in [-0.1, -0.05) is 23.4 Å². The molecule has 1 heterocycles. The maximum absolute atomic E-state index is 9.35. The fraction of sp³-hybridized carbons (Fsp3) is 0. The Morgan fingerprint density at radius 2 is 1.68 bits per heavy atom. The summed E-state index contributed by atoms with van der Waals surface area (Å²) in [5.74, 6) is 0.588. The summed E-state index contributed by atoms with van der Waals surface area (Å²) in [6.07, 6.45) is 1.62. The fourth-order valence-electron chi connectivity index (χ4n) is 1.84. The molecule has 0 aliphatic rings. The summed E-state index contributed by atoms with van der Waals surface area (Å²) in [7, 11) is 0. The molecule has 1 aromatic heterocycles. The van der Waals surface area contributed by atoms with Gasteiger partial charge < -0.3 is 10.8 Å². The van der Waals surface area contributed by atoms with Crippen LogP contribution in [0.5, 0.6) is 5.75 Å². The van der Waals surface area contributed by atoms with Gasteiger partial charge in [0.15, 0.2) is 5.82 Å². The molecule has 0 fully saturated rings. The molecule has 3 rings (SSSR count). The van der Waals surface area contributed by atoms with Gasteiger partial charge in [-0.05, 0) is 48.5 Å². The van der Waals surface area contributed by atoms with Gasteiger partial charge in [-0.15, -0.1) is 0 Å². The summed E-state index contributed by atoms with van der Waals surface area (Å²) in [4.78, 5) is 9.73. The lowest BCUT2D eigenvalue weighted by atomic mass is 10.1. The molecule has 4 nitrogen and oxygen atoms in total. The van der Waals surface area contributed by atoms with Gasteiger partial charge in [0.2, 0.25) is 0 Å². The number of aromatic hydroxyl groups is 1. The normalized spacial score (nSPS) is 10.6. The Bertz CT molecular complexity index is 791. The van der Waals surface area contributed by atoms with E-state index < -0.39 is 0 Å². The summed E-state index contributed by atoms with van der Waals surface area (Å²) in [6, 6.07) is 14.2. The topological polar surface area (TPSA) is 72.0 Å². The molecule has 0 saturated carbocycles. The smallest absolute Gasteiger partial charge is 0.156 e. The Morgan fingerprint density at radius 3 is 2.36 bits per heavy atom. The number of hydrogen-bond acceptors (Lipinski definition) is 5. The maximum Gasteiger partial charge on any atom is 0.156 e. The molecule has 0 aliphatic carbocycles. The second kappa shape index (κ2) is 6.25. The first-order valence-corrected chi connectivity index (χ1v) is 7.66. The van der Waals surface area contributed by atoms with Crippen LogP contribution in [0.4, 0.5) is 5.82 Å². The highest BCUT2D eigenvalue weighted by atomic mass is 35.5. The van der Waals surface area contributed by atoms with Crippen molar-refractivity contribution in [1.82, 2.24) is 9.97 Å². The quantitative estimate of drug-likeness (QED) is 0.752. The third kappa shape index (κ3) is 3.32. The van der Waals surface area contributed by atoms with Gasteiger partial charge in [0.05, 0.1) is 11.9 Å². The Kier molecular flexibility index (Phi) is 4.18. The van der Waals surface area contributed by atoms with Crippen molar-refractivity contribution in [2.24, 2.45) is 0 Å². The van der Waals surface area contributed by atoms with Crippen molar-refractivity contribution in [3.8, 4) is 17.0 Å². The predicted molar refractivity (Wildman–Crippen MR) is 89.1 cm³/mol. The molecular formula is C16H12ClN3OS. The van der Waals surface area contributed by atoms with Crippen LogP contribution in [0.25, 0.3) is 11.3 Å². The standard InChI is InChI=1S/C16H12ClN3OS/c17-11-3-7-13(8-4-11)22-16-15(18)19-9-14(20-16)10-1-5-12(21)6-2-10/h1-9,21H,(H2,18,19). The molecule has 6 heteroatoms. The zero-order chi connectivity index (χ0) is 15.5. The van der Waals surface area contributed by atoms with Crippen LogP contribution in [0.1, 0.15) is 0 Å². The number of aromatic nitrogens is 2. The van der Waals surface area contributed by atoms with Crippen LogP contribution in [0.2, 0.25) is 5.02 Å². The number of halogens is 1. The Hall–Kier alpha value is -2.24. The summed E-state index contributed by atoms with van der Waals surface area (Å²) >= 11 is 7.31. The van der Waals surface area contributed by atoms with Crippen molar-refractivity contribution in [3.63, 3.8) is 0 Å². The molecule has 3 N–H and O–H groups in total. The van der Waals surface area contributed by atoms with Gasteiger partial charge in [-0.25, -0.2) is 9.97 Å². The van der Waals surface area contributed by atoms with Crippen molar-refractivity contribution < 1.29 is 5.11 Å². The van der Waals surface area contributed by atoms with Crippen LogP contribution in [-0.2, 0) is 0 Å². The molecular weight excluding hydrogens is 318 g/mol. The molecule has 0 unspecified atom stereocenters. The van der Waals surface area contributed by atoms with E-state index >= 15 is 0 Å². The summed E-state index contributed by atoms with van der Waals surface area (Å²) < 4.78 is 0. The first-order chi connectivity index (χ1) is 10.6. The highest BCUT2D eigenvalue weighted by molar-refractivity contribution is 7.99. The zero-order valence-corrected chi connectivity index (χ0v) is 13.0. The fourth-order valence-corrected chi connectivity index (χ4v) is 2.76. The average molecular weight is 330 g/mol. The predicted octanol–water partition coefficient (Wildman–Crippen LogP) is 4.24. The lowest BCUT2D eigenvalue weighted by molar-refractivity contribution is 0.475. The van der Waals surface area contributed by atoms with Crippen LogP contribution in [-0.4, -0.2) is 15.1 Å². The number of nitrogens with two attached hydrogens (primary N) is 1. The van der Waals surface area contributed by atoms with Crippen LogP contribution in [0, 0.1) is 0 Å². The van der Waals surface area contributed by atoms with Gasteiger partial charge in [0.25, 0.3) is 0 Å². The van der Waals surface area contributed by atoms with E-state index in [1.165, 1.54) is 11.8 Å². The molecule has 2 aromatic carbocycles. The van der Waals surface area contributed by atoms with E-state index in [1.807, 2.05) is 24.3 Å². The van der Waals surface area contributed by atoms with Gasteiger partial charge in [0, 0.05) is 15.5 Å². The molecule has 0 atom stereocenters. The number of rotatable bonds is 3. The van der Waals surface area contributed by atoms with E-state index in [-0.39, 0.29) is 5.75 Å². The SMILES string of the molecule is Nc1ncc(-c2ccc(O)cc2)nc1Sc1ccc(Cl)cc1. The largest absolute Gasteiger partial charge is 0.508 e. The highest BCUT2D eigenvalue weighted by Crippen LogP contribution is 2.32. The third-order valence-electron chi connectivity index (χ3n) is 2.96. The van der Waals surface area contributed by atoms with Gasteiger partial charge in [0.1, 0.15) is 10.8 Å². The number of anilines is 1. The van der Waals surface area contributed by atoms with Crippen molar-refractivity contribution in [2.45, 2.75) is 9.92 Å². The van der Waals surface area contributed by atoms with Gasteiger partial charge in [-0.3, -0.25) is 0 Å². The molecule has 22 heavy (non-hydrogen) atoms. The lowest BCUT2D eigenvalue weighted by Gasteiger charge is -2.07. The van der Waals surface area contributed by atoms with Crippen LogP contribution < -0.4 is 5.73 Å². The third-order valence-corrected chi connectivity index (χ3v) is 4.21. The molecule has 0 aliphatic heterocycles. The van der Waals surface area contributed by atoms with Crippen molar-refractivity contribution in [3.05, 3.63) is 59.8 Å². The van der Waals surface area contributed by atoms with E-state index in [9.17, 15) is 5.11 Å². The van der Waals surface area contributed by atoms with E-state index in [2.05, 4.69) is 9.97 Å². The second-order valence-corrected chi connectivity index (χ2v) is 6.05. The lowest BCUT2D eigenvalue weighted by Crippen LogP contribution is -1.97. The summed E-state index contributed by atoms with van der Waals surface area (Å²) in [6.45, 7) is 0. The number of benzene rings is 2. The van der Waals surface area contributed by atoms with Crippen LogP contribution >= 0.6 is 23.4 Å². The van der Waals surface area contributed by atoms with E-state index in [4.69, 9.17) is 17.3 Å². The summed E-state index contributed by atoms with van der Waals surface area (Å²) in [5, 5.41) is 10.7. The number of phenols is 1. The van der Waals surface area contributed by atoms with Crippen molar-refractivity contribution in [2.75, 3.05) is 5.73 Å². The number of phenolic OH excluding ortho intramolecular Hbond substituents is 1. The molecule has 0 bridgehead atoms. The van der Waals surface area contributed by atoms with Crippen molar-refractivity contribution >= 4 is 29.2 Å². The Labute approximate surface area is 137 Å². The molecule has 0 spiro atoms. The van der Waals surface area contributed by atoms with Gasteiger partial charge >= 0.3 is 0 Å². The van der Waals surface area contributed by atoms with Crippen LogP contribution in [0.15, 0.2) is 64.6 Å². The average Bonchev–Trinajstić information content (AvgIpc) is 2.52. The first-order valence-electron chi connectivity index (χ1n) is 6.47. The minimum Gasteiger partial charge on any atom is -0.508 e. The van der Waals surface area contributed by atoms with E-state index in [0.717, 1.165) is 10.5 Å². The Morgan fingerprint density at radius 1 is 1.00 bits per heavy atom. The second-order valence-electron chi connectivity index (χ2n) is 4.55. The first kappa shape index (κ1) is 14.7. The number of hydrogen-bond donors (Lipinski definition) is 2. The Balaban J connectivity index is 1.92. The maximum atomic E-state index is 9.35. The van der Waals surface area contributed by atoms with Gasteiger partial charge in [-0.2, -0.15) is 0 Å². The minimum absolute atomic E-state index is 0.211. The van der Waals surface area contributed by atoms with Crippen LogP contribution in [0.3, 0.4) is 0 Å². The molecule has 0 amide bonds. The molecule has 0 saturated heterocycles. The highest BCUT2D eigenvalue weighted by Gasteiger charge is 2.08. The molecule has 3 aromatic rings. The number of nitrogen functional groups attached to an aromatic ring is 1. The monoisotopic (exact) mass is 329 g/mol. The molecule has 110 valence electrons. The minimum atomic E-state index is 0.211. The summed E-state index contributed by atoms with van der Waals surface area (Å²) in [5.41, 5.74) is 7.47. The zero-order valence-electron chi connectivity index (χ0n) is 11.4. The number of nitrogens with zero attached hydrogens (tertiary/aromatic N) is 2. The molecule has 0 radical (unpaired) electrons. The van der Waals surface area contributed by atoms with E-state index in [0.29, 0.717) is 21.6 Å².